The maximum Gasteiger partial charge on any atom is 0.126 e. The molecule has 1 aromatic heterocycles. The molecule has 1 saturated heterocycles. The summed E-state index contributed by atoms with van der Waals surface area (Å²) in [6.07, 6.45) is 2.93. The standard InChI is InChI=1S/C18H23FN2S/c1-13-10-17(14-2-6-20-7-3-14)18(19)11-15(13)4-8-21-16-5-9-22-12-16/h5,9-12,14,20-21H,2-4,6-8H2,1H3. The second kappa shape index (κ2) is 7.25. The fourth-order valence-corrected chi connectivity index (χ4v) is 3.78. The summed E-state index contributed by atoms with van der Waals surface area (Å²) in [5.41, 5.74) is 4.38. The molecule has 0 unspecified atom stereocenters. The quantitative estimate of drug-likeness (QED) is 0.858. The fourth-order valence-electron chi connectivity index (χ4n) is 3.17. The Morgan fingerprint density at radius 2 is 2.14 bits per heavy atom. The molecule has 4 heteroatoms. The summed E-state index contributed by atoms with van der Waals surface area (Å²) < 4.78 is 14.5. The van der Waals surface area contributed by atoms with Crippen LogP contribution in [0.5, 0.6) is 0 Å². The predicted octanol–water partition coefficient (Wildman–Crippen LogP) is 4.32. The zero-order valence-electron chi connectivity index (χ0n) is 13.0. The topological polar surface area (TPSA) is 24.1 Å². The van der Waals surface area contributed by atoms with Crippen molar-refractivity contribution in [3.05, 3.63) is 51.5 Å². The fraction of sp³-hybridized carbons (Fsp3) is 0.444. The van der Waals surface area contributed by atoms with Crippen molar-refractivity contribution in [3.63, 3.8) is 0 Å². The lowest BCUT2D eigenvalue weighted by atomic mass is 9.87. The number of hydrogen-bond acceptors (Lipinski definition) is 3. The molecule has 0 radical (unpaired) electrons. The number of rotatable bonds is 5. The summed E-state index contributed by atoms with van der Waals surface area (Å²) in [7, 11) is 0. The molecule has 0 bridgehead atoms. The lowest BCUT2D eigenvalue weighted by Gasteiger charge is -2.24. The molecule has 3 rings (SSSR count). The maximum atomic E-state index is 14.5. The van der Waals surface area contributed by atoms with Crippen LogP contribution in [0.15, 0.2) is 29.0 Å². The Balaban J connectivity index is 1.66. The van der Waals surface area contributed by atoms with E-state index < -0.39 is 0 Å². The lowest BCUT2D eigenvalue weighted by Crippen LogP contribution is -2.27. The molecule has 22 heavy (non-hydrogen) atoms. The molecule has 1 aromatic carbocycles. The number of hydrogen-bond donors (Lipinski definition) is 2. The minimum Gasteiger partial charge on any atom is -0.384 e. The minimum absolute atomic E-state index is 0.0250. The second-order valence-corrected chi connectivity index (χ2v) is 6.79. The molecule has 1 fully saturated rings. The third kappa shape index (κ3) is 3.68. The first-order valence-corrected chi connectivity index (χ1v) is 8.94. The Hall–Kier alpha value is -1.39. The van der Waals surface area contributed by atoms with Crippen LogP contribution in [0, 0.1) is 12.7 Å². The Morgan fingerprint density at radius 1 is 1.32 bits per heavy atom. The SMILES string of the molecule is Cc1cc(C2CCNCC2)c(F)cc1CCNc1ccsc1. The van der Waals surface area contributed by atoms with Crippen LogP contribution in [0.2, 0.25) is 0 Å². The highest BCUT2D eigenvalue weighted by atomic mass is 32.1. The number of nitrogens with one attached hydrogen (secondary N) is 2. The van der Waals surface area contributed by atoms with Crippen LogP contribution in [0.4, 0.5) is 10.1 Å². The lowest BCUT2D eigenvalue weighted by molar-refractivity contribution is 0.444. The molecule has 0 saturated carbocycles. The van der Waals surface area contributed by atoms with Crippen LogP contribution in [0.1, 0.15) is 35.4 Å². The van der Waals surface area contributed by atoms with E-state index in [0.29, 0.717) is 5.92 Å². The van der Waals surface area contributed by atoms with Gasteiger partial charge in [-0.15, -0.1) is 0 Å². The number of benzene rings is 1. The molecule has 0 amide bonds. The highest BCUT2D eigenvalue weighted by Gasteiger charge is 2.19. The van der Waals surface area contributed by atoms with E-state index in [4.69, 9.17) is 0 Å². The van der Waals surface area contributed by atoms with E-state index in [1.54, 1.807) is 17.4 Å². The van der Waals surface area contributed by atoms with Crippen LogP contribution >= 0.6 is 11.3 Å². The first kappa shape index (κ1) is 15.5. The van der Waals surface area contributed by atoms with Gasteiger partial charge < -0.3 is 10.6 Å². The summed E-state index contributed by atoms with van der Waals surface area (Å²) in [6, 6.07) is 5.89. The third-order valence-electron chi connectivity index (χ3n) is 4.48. The van der Waals surface area contributed by atoms with Gasteiger partial charge in [-0.25, -0.2) is 4.39 Å². The number of aryl methyl sites for hydroxylation is 1. The third-order valence-corrected chi connectivity index (χ3v) is 5.16. The summed E-state index contributed by atoms with van der Waals surface area (Å²) in [4.78, 5) is 0. The van der Waals surface area contributed by atoms with Gasteiger partial charge >= 0.3 is 0 Å². The van der Waals surface area contributed by atoms with Crippen LogP contribution in [0.3, 0.4) is 0 Å². The molecule has 0 aliphatic carbocycles. The zero-order chi connectivity index (χ0) is 15.4. The first-order valence-electron chi connectivity index (χ1n) is 8.00. The number of halogens is 1. The van der Waals surface area contributed by atoms with Gasteiger partial charge in [-0.1, -0.05) is 6.07 Å². The van der Waals surface area contributed by atoms with Crippen molar-refractivity contribution in [2.75, 3.05) is 25.0 Å². The summed E-state index contributed by atoms with van der Waals surface area (Å²) in [6.45, 7) is 4.93. The molecule has 2 nitrogen and oxygen atoms in total. The molecule has 0 atom stereocenters. The van der Waals surface area contributed by atoms with E-state index in [2.05, 4.69) is 40.5 Å². The van der Waals surface area contributed by atoms with Crippen molar-refractivity contribution in [2.24, 2.45) is 0 Å². The van der Waals surface area contributed by atoms with Crippen LogP contribution in [-0.4, -0.2) is 19.6 Å². The molecule has 0 spiro atoms. The van der Waals surface area contributed by atoms with Gasteiger partial charge in [0, 0.05) is 17.6 Å². The second-order valence-electron chi connectivity index (χ2n) is 6.01. The van der Waals surface area contributed by atoms with Crippen molar-refractivity contribution in [1.82, 2.24) is 5.32 Å². The molecule has 1 aliphatic heterocycles. The van der Waals surface area contributed by atoms with Gasteiger partial charge in [0.15, 0.2) is 0 Å². The Kier molecular flexibility index (Phi) is 5.11. The van der Waals surface area contributed by atoms with E-state index >= 15 is 0 Å². The Morgan fingerprint density at radius 3 is 2.86 bits per heavy atom. The van der Waals surface area contributed by atoms with Crippen molar-refractivity contribution >= 4 is 17.0 Å². The van der Waals surface area contributed by atoms with Crippen molar-refractivity contribution in [2.45, 2.75) is 32.1 Å². The molecule has 2 aromatic rings. The molecular formula is C18H23FN2S. The highest BCUT2D eigenvalue weighted by Crippen LogP contribution is 2.29. The molecule has 1 aliphatic rings. The Bertz CT molecular complexity index is 604. The average Bonchev–Trinajstić information content (AvgIpc) is 3.04. The monoisotopic (exact) mass is 318 g/mol. The van der Waals surface area contributed by atoms with Gasteiger partial charge in [0.1, 0.15) is 5.82 Å². The van der Waals surface area contributed by atoms with Gasteiger partial charge in [0.05, 0.1) is 0 Å². The van der Waals surface area contributed by atoms with Gasteiger partial charge in [-0.05, 0) is 79.4 Å². The first-order chi connectivity index (χ1) is 10.7. The summed E-state index contributed by atoms with van der Waals surface area (Å²) >= 11 is 1.68. The number of piperidine rings is 1. The van der Waals surface area contributed by atoms with Crippen LogP contribution in [-0.2, 0) is 6.42 Å². The number of thiophene rings is 1. The molecule has 2 N–H and O–H groups in total. The number of anilines is 1. The van der Waals surface area contributed by atoms with E-state index in [-0.39, 0.29) is 5.82 Å². The van der Waals surface area contributed by atoms with Gasteiger partial charge in [-0.3, -0.25) is 0 Å². The summed E-state index contributed by atoms with van der Waals surface area (Å²) in [5, 5.41) is 10.9. The van der Waals surface area contributed by atoms with E-state index in [0.717, 1.165) is 55.7 Å². The van der Waals surface area contributed by atoms with Gasteiger partial charge in [0.25, 0.3) is 0 Å². The minimum atomic E-state index is -0.0250. The largest absolute Gasteiger partial charge is 0.384 e. The van der Waals surface area contributed by atoms with E-state index in [1.807, 2.05) is 0 Å². The summed E-state index contributed by atoms with van der Waals surface area (Å²) in [5.74, 6) is 0.348. The van der Waals surface area contributed by atoms with Crippen molar-refractivity contribution in [1.29, 1.82) is 0 Å². The normalized spacial score (nSPS) is 15.9. The average molecular weight is 318 g/mol. The Labute approximate surface area is 135 Å². The molecule has 2 heterocycles. The smallest absolute Gasteiger partial charge is 0.126 e. The van der Waals surface area contributed by atoms with E-state index in [1.165, 1.54) is 5.56 Å². The van der Waals surface area contributed by atoms with Gasteiger partial charge in [-0.2, -0.15) is 11.3 Å². The predicted molar refractivity (Wildman–Crippen MR) is 92.5 cm³/mol. The molecular weight excluding hydrogens is 295 g/mol. The van der Waals surface area contributed by atoms with Crippen LogP contribution in [0.25, 0.3) is 0 Å². The van der Waals surface area contributed by atoms with Crippen LogP contribution < -0.4 is 10.6 Å². The maximum absolute atomic E-state index is 14.5. The van der Waals surface area contributed by atoms with Crippen molar-refractivity contribution in [3.8, 4) is 0 Å². The van der Waals surface area contributed by atoms with Crippen molar-refractivity contribution < 1.29 is 4.39 Å². The highest BCUT2D eigenvalue weighted by molar-refractivity contribution is 7.08. The van der Waals surface area contributed by atoms with Gasteiger partial charge in [0.2, 0.25) is 0 Å². The zero-order valence-corrected chi connectivity index (χ0v) is 13.8. The molecule has 118 valence electrons. The van der Waals surface area contributed by atoms with E-state index in [9.17, 15) is 4.39 Å².